The molecule has 73 heteroatoms. The van der Waals surface area contributed by atoms with Gasteiger partial charge in [0.1, 0.15) is 18.3 Å². The van der Waals surface area contributed by atoms with Gasteiger partial charge in [0, 0.05) is 458 Å². The lowest BCUT2D eigenvalue weighted by Gasteiger charge is -2.40. The van der Waals surface area contributed by atoms with E-state index in [9.17, 15) is 39.0 Å². The van der Waals surface area contributed by atoms with Crippen molar-refractivity contribution in [2.24, 2.45) is 11.8 Å². The minimum Gasteiger partial charge on any atom is -0.409 e. The molecule has 0 spiro atoms. The summed E-state index contributed by atoms with van der Waals surface area (Å²) in [5.41, 5.74) is 4.73. The number of amides is 3. The van der Waals surface area contributed by atoms with Crippen LogP contribution in [0, 0.1) is 11.8 Å². The first kappa shape index (κ1) is 139. The fourth-order valence-corrected chi connectivity index (χ4v) is 107. The number of carbonyl (C=O) groups excluding carboxylic acids is 3. The summed E-state index contributed by atoms with van der Waals surface area (Å²) in [6.07, 6.45) is -1.55. The minimum atomic E-state index is -2.08. The van der Waals surface area contributed by atoms with E-state index in [4.69, 9.17) is 72.2 Å². The van der Waals surface area contributed by atoms with Crippen LogP contribution in [0.4, 0.5) is 31.8 Å². The molecule has 0 aromatic carbocycles. The van der Waals surface area contributed by atoms with Crippen LogP contribution in [0.3, 0.4) is 0 Å². The summed E-state index contributed by atoms with van der Waals surface area (Å²) in [6.45, 7) is 29.8. The first-order valence-corrected chi connectivity index (χ1v) is 92.1. The molecule has 3 unspecified atom stereocenters. The Morgan fingerprint density at radius 3 is 0.884 bits per heavy atom. The number of halogens is 1. The van der Waals surface area contributed by atoms with Crippen molar-refractivity contribution in [2.75, 3.05) is 65.3 Å². The van der Waals surface area contributed by atoms with Crippen LogP contribution in [-0.2, 0) is 406 Å². The van der Waals surface area contributed by atoms with Crippen LogP contribution >= 0.6 is 11.6 Å². The average molecular weight is 2630 g/mol. The lowest BCUT2D eigenvalue weighted by atomic mass is 9.99. The monoisotopic (exact) mass is 2620 g/mol. The zero-order valence-electron chi connectivity index (χ0n) is 68.8. The van der Waals surface area contributed by atoms with E-state index in [0.29, 0.717) is 0 Å². The second-order valence-corrected chi connectivity index (χ2v) is 102. The molecule has 0 radical (unpaired) electrons. The molecular weight excluding hydrogens is 2520 g/mol. The van der Waals surface area contributed by atoms with Crippen LogP contribution in [-0.4, -0.2) is 190 Å². The Bertz CT molecular complexity index is 6020. The molecule has 3 aromatic rings. The summed E-state index contributed by atoms with van der Waals surface area (Å²) in [6, 6.07) is 4.43. The van der Waals surface area contributed by atoms with E-state index >= 15 is 0 Å². The van der Waals surface area contributed by atoms with Crippen LogP contribution in [0.25, 0.3) is 0 Å². The van der Waals surface area contributed by atoms with Crippen molar-refractivity contribution in [3.8, 4) is 0 Å². The maximum atomic E-state index is 12.8. The lowest BCUT2D eigenvalue weighted by molar-refractivity contribution is -0.0549. The number of carbonyl (C=O) groups is 3. The Hall–Kier alpha value is 3.43. The number of nitrogens with zero attached hydrogens (tertiary/aromatic N) is 9. The second-order valence-electron chi connectivity index (χ2n) is 26.6. The molecule has 3 aromatic heterocycles. The largest absolute Gasteiger partial charge is 0.433 e. The molecule has 7 N–H and O–H groups in total. The highest BCUT2D eigenvalue weighted by Crippen LogP contribution is 2.46. The molecule has 12 atom stereocenters. The van der Waals surface area contributed by atoms with Gasteiger partial charge in [-0.3, -0.25) is 29.2 Å². The molecule has 0 saturated carbocycles. The van der Waals surface area contributed by atoms with Gasteiger partial charge in [0.05, 0.1) is 31.0 Å². The summed E-state index contributed by atoms with van der Waals surface area (Å²) < 4.78 is 34.9. The van der Waals surface area contributed by atoms with Gasteiger partial charge in [0.2, 0.25) is 0 Å². The number of nitrogens with one attached hydrogen (secondary N) is 3. The third-order valence-corrected chi connectivity index (χ3v) is 105. The Labute approximate surface area is 888 Å². The molecule has 6 heterocycles. The third kappa shape index (κ3) is 57.1. The van der Waals surface area contributed by atoms with Gasteiger partial charge in [-0.2, -0.15) is 25.9 Å². The van der Waals surface area contributed by atoms with E-state index < -0.39 is 94.9 Å². The van der Waals surface area contributed by atoms with Gasteiger partial charge in [-0.25, -0.2) is 24.0 Å². The van der Waals surface area contributed by atoms with E-state index in [0.717, 1.165) is 17.4 Å². The molecule has 3 aliphatic heterocycles. The number of hydrogen-bond donors (Lipinski definition) is 7. The molecule has 29 nitrogen and oxygen atoms in total. The summed E-state index contributed by atoms with van der Waals surface area (Å²) in [4.78, 5) is 94.4. The molecule has 3 saturated heterocycles. The molecule has 6 rings (SSSR count). The van der Waals surface area contributed by atoms with Crippen molar-refractivity contribution < 1.29 is 67.6 Å². The topological polar surface area (TPSA) is 347 Å². The van der Waals surface area contributed by atoms with Gasteiger partial charge >= 0.3 is 34.6 Å². The molecule has 3 fully saturated rings. The highest BCUT2D eigenvalue weighted by molar-refractivity contribution is 8.81. The van der Waals surface area contributed by atoms with Crippen LogP contribution in [0.2, 0.25) is 36.3 Å². The van der Waals surface area contributed by atoms with Crippen molar-refractivity contribution in [1.29, 1.82) is 0 Å². The number of rotatable bonds is 15. The Morgan fingerprint density at radius 1 is 0.450 bits per heavy atom. The number of aliphatic hydroxyl groups excluding tert-OH is 3. The molecule has 754 valence electrons. The van der Waals surface area contributed by atoms with Gasteiger partial charge in [-0.05, 0) is 66.8 Å². The second kappa shape index (κ2) is 79.8. The van der Waals surface area contributed by atoms with Crippen LogP contribution in [0.5, 0.6) is 0 Å². The highest BCUT2D eigenvalue weighted by Gasteiger charge is 2.51. The Kier molecular flexibility index (Phi) is 85.8. The van der Waals surface area contributed by atoms with Gasteiger partial charge < -0.3 is 62.8 Å². The normalized spacial score (nSPS) is 18.6. The van der Waals surface area contributed by atoms with E-state index in [2.05, 4.69) is 149 Å². The zero-order valence-corrected chi connectivity index (χ0v) is 105. The number of aliphatic hydroxyl groups is 3. The molecule has 129 heavy (non-hydrogen) atoms. The van der Waals surface area contributed by atoms with Crippen molar-refractivity contribution in [3.05, 3.63) is 68.2 Å². The van der Waals surface area contributed by atoms with Crippen LogP contribution in [0.15, 0.2) is 51.2 Å². The van der Waals surface area contributed by atoms with E-state index in [1.807, 2.05) is 210 Å². The summed E-state index contributed by atoms with van der Waals surface area (Å²) in [5, 5.41) is 37.2. The fourth-order valence-electron chi connectivity index (χ4n) is 8.33. The Morgan fingerprint density at radius 2 is 0.682 bits per heavy atom. The van der Waals surface area contributed by atoms with Crippen LogP contribution in [0.1, 0.15) is 130 Å². The standard InChI is InChI=1S/C20H36N4O5Si.C17H31N3O4Si.C12H18N4O7.C3H6ClNO.4CH4.S39.S2/c1-10-14-13(2)16(29-30(8,9)20(3,4)5)17(27-14)24-12-11-15(21-18(24)25)22-28-19(26)23(6)7;1-8-12-11(2)14(24-25(6,7)17(3,4)5)15(23-12)20-10-9-13(19-22)18-16(20)21;1-15(2)12(21)23-14-7-3-4-16(11(20)13-7)10-9(19)8(18)6(5-17)22-10;1-5(2)3(4)6;;;;;1-3-5-7-9-11-13-15-17-19-21-23-25-27-29-31-33-35-37-39-38-36-34-32-30-28-26-24-22-20-18-16-14-12-10-8-6-4-2;1-2/h11-14,16-17H,10H2,1-9H3,(H,21,22,25);9-12,14-15,22H,8H2,1-7H3,(H,18,19,21);3-4,6,8-10,17-19H,5H2,1-2H3,(H,13,14,20);1-2H3;4*1H4;;/t13-,14+,16?,17+;11-,12+,14?,15+;6-,8+,9?,10-;;;;;;;/m001......./s1. The maximum absolute atomic E-state index is 12.8. The fraction of sp³-hybridized carbons (Fsp3) is 0.732. The molecule has 3 aliphatic rings. The van der Waals surface area contributed by atoms with E-state index in [1.54, 1.807) is 153 Å². The molecule has 0 aliphatic carbocycles. The van der Waals surface area contributed by atoms with Gasteiger partial charge in [0.25, 0.3) is 0 Å². The SMILES string of the molecule is C.C.C.C.CC[C@H]1O[C@@H](n2ccc(NO)nc2=O)C(O[Si](C)(C)C(C)(C)C)[C@H]1C.CC[C@H]1O[C@@H](n2ccc(NOC(=O)N(C)C)nc2=O)C(O[Si](C)(C)C(C)(C)C)[C@H]1C.CN(C)C(=O)Cl.CN(C)C(=O)ONc1ccn([C@@H]2O[C@H](CO)[C@H](O)C2O)c(=O)n1.S=S.S=S=S=S=S=S=S=S=S=S=S=S=S=S=S=S=S=S=S=S=S=S=S=S=S=S=S=S=S=S=S=S=S=S=S=S=S=S=S. The predicted molar refractivity (Wildman–Crippen MR) is 646 cm³/mol. The zero-order chi connectivity index (χ0) is 94.3. The van der Waals surface area contributed by atoms with Gasteiger partial charge in [-0.15, -0.1) is 0 Å². The van der Waals surface area contributed by atoms with Gasteiger partial charge in [-0.1, -0.05) is 98.9 Å². The third-order valence-electron chi connectivity index (χ3n) is 16.2. The summed E-state index contributed by atoms with van der Waals surface area (Å²) >= 11 is 21.8. The first-order chi connectivity index (χ1) is 59.2. The highest BCUT2D eigenvalue weighted by atomic mass is 35.5. The predicted octanol–water partition coefficient (Wildman–Crippen LogP) is 8.21. The lowest BCUT2D eigenvalue weighted by Crippen LogP contribution is -2.47. The molecule has 3 amide bonds. The average Bonchev–Trinajstić information content (AvgIpc) is 1.67. The Balaban J connectivity index is -0.000000788. The minimum absolute atomic E-state index is 0. The molecular formula is C56H107ClN12O17S41Si2. The van der Waals surface area contributed by atoms with Crippen molar-refractivity contribution >= 4 is 437 Å². The van der Waals surface area contributed by atoms with Gasteiger partial charge in [0.15, 0.2) is 52.8 Å². The number of ether oxygens (including phenoxy) is 3. The van der Waals surface area contributed by atoms with E-state index in [-0.39, 0.29) is 93.5 Å². The smallest absolute Gasteiger partial charge is 0.409 e. The number of hydrogen-bond acceptors (Lipinski definition) is 27. The van der Waals surface area contributed by atoms with Crippen molar-refractivity contribution in [1.82, 2.24) is 43.4 Å². The quantitative estimate of drug-likeness (QED) is 0.0326. The van der Waals surface area contributed by atoms with E-state index in [1.165, 1.54) is 74.0 Å². The first-order valence-electron chi connectivity index (χ1n) is 33.9. The molecule has 0 bridgehead atoms. The number of anilines is 3. The summed E-state index contributed by atoms with van der Waals surface area (Å²) in [7, 11) is 70.7. The van der Waals surface area contributed by atoms with Crippen LogP contribution < -0.4 is 33.5 Å². The van der Waals surface area contributed by atoms with Crippen molar-refractivity contribution in [3.63, 3.8) is 0 Å². The van der Waals surface area contributed by atoms with Crippen molar-refractivity contribution in [2.45, 2.75) is 209 Å². The summed E-state index contributed by atoms with van der Waals surface area (Å²) in [5.74, 6) is 0.548. The maximum Gasteiger partial charge on any atom is 0.433 e. The number of aromatic nitrogens is 6.